The van der Waals surface area contributed by atoms with Crippen molar-refractivity contribution in [3.63, 3.8) is 0 Å². The monoisotopic (exact) mass is 290 g/mol. The van der Waals surface area contributed by atoms with Crippen molar-refractivity contribution in [2.75, 3.05) is 13.1 Å². The van der Waals surface area contributed by atoms with Gasteiger partial charge in [-0.3, -0.25) is 14.7 Å². The zero-order chi connectivity index (χ0) is 15.2. The van der Waals surface area contributed by atoms with Crippen molar-refractivity contribution in [1.29, 1.82) is 0 Å². The van der Waals surface area contributed by atoms with Crippen LogP contribution in [-0.4, -0.2) is 34.0 Å². The first-order chi connectivity index (χ1) is 10.1. The van der Waals surface area contributed by atoms with Gasteiger partial charge in [-0.2, -0.15) is 0 Å². The Labute approximate surface area is 127 Å². The average molecular weight is 290 g/mol. The number of nitrogens with zero attached hydrogens (tertiary/aromatic N) is 2. The third-order valence-corrected chi connectivity index (χ3v) is 4.57. The number of piperidine rings is 1. The maximum Gasteiger partial charge on any atom is 0.306 e. The van der Waals surface area contributed by atoms with Gasteiger partial charge in [0.2, 0.25) is 0 Å². The molecule has 1 aliphatic rings. The zero-order valence-corrected chi connectivity index (χ0v) is 13.1. The van der Waals surface area contributed by atoms with Crippen LogP contribution in [0.3, 0.4) is 0 Å². The Bertz CT molecular complexity index is 468. The van der Waals surface area contributed by atoms with Crippen LogP contribution in [0.1, 0.15) is 56.2 Å². The first kappa shape index (κ1) is 16.0. The molecular formula is C17H26N2O2. The summed E-state index contributed by atoms with van der Waals surface area (Å²) in [5.74, 6) is -0.800. The summed E-state index contributed by atoms with van der Waals surface area (Å²) < 4.78 is 0. The molecule has 2 rings (SSSR count). The summed E-state index contributed by atoms with van der Waals surface area (Å²) >= 11 is 0. The normalized spacial score (nSPS) is 18.6. The van der Waals surface area contributed by atoms with Gasteiger partial charge in [-0.1, -0.05) is 19.8 Å². The van der Waals surface area contributed by atoms with E-state index in [1.807, 2.05) is 12.4 Å². The van der Waals surface area contributed by atoms with Gasteiger partial charge in [-0.25, -0.2) is 0 Å². The molecule has 1 atom stereocenters. The lowest BCUT2D eigenvalue weighted by Crippen LogP contribution is -2.39. The van der Waals surface area contributed by atoms with Gasteiger partial charge in [-0.15, -0.1) is 0 Å². The fraction of sp³-hybridized carbons (Fsp3) is 0.647. The van der Waals surface area contributed by atoms with Gasteiger partial charge in [0.25, 0.3) is 0 Å². The summed E-state index contributed by atoms with van der Waals surface area (Å²) in [5.41, 5.74) is 2.59. The molecule has 4 nitrogen and oxygen atoms in total. The molecule has 2 heterocycles. The van der Waals surface area contributed by atoms with E-state index in [2.05, 4.69) is 29.8 Å². The number of hydrogen-bond donors (Lipinski definition) is 1. The molecular weight excluding hydrogens is 264 g/mol. The summed E-state index contributed by atoms with van der Waals surface area (Å²) in [5, 5.41) is 9.14. The zero-order valence-electron chi connectivity index (χ0n) is 13.1. The molecule has 1 aliphatic heterocycles. The number of rotatable bonds is 6. The van der Waals surface area contributed by atoms with E-state index >= 15 is 0 Å². The van der Waals surface area contributed by atoms with E-state index in [-0.39, 0.29) is 5.92 Å². The SMILES string of the molecule is CCCCC(c1ccncc1C)N1CCC(C(=O)O)CC1. The first-order valence-corrected chi connectivity index (χ1v) is 8.00. The number of carboxylic acid groups (broad SMARTS) is 1. The second-order valence-corrected chi connectivity index (χ2v) is 6.04. The number of aromatic nitrogens is 1. The molecule has 4 heteroatoms. The summed E-state index contributed by atoms with van der Waals surface area (Å²) in [6, 6.07) is 2.53. The average Bonchev–Trinajstić information content (AvgIpc) is 2.50. The van der Waals surface area contributed by atoms with Crippen LogP contribution in [0.15, 0.2) is 18.5 Å². The molecule has 0 bridgehead atoms. The minimum Gasteiger partial charge on any atom is -0.481 e. The van der Waals surface area contributed by atoms with Gasteiger partial charge >= 0.3 is 5.97 Å². The number of aryl methyl sites for hydroxylation is 1. The van der Waals surface area contributed by atoms with Crippen LogP contribution in [0.5, 0.6) is 0 Å². The lowest BCUT2D eigenvalue weighted by atomic mass is 9.91. The molecule has 1 aromatic heterocycles. The minimum absolute atomic E-state index is 0.161. The third kappa shape index (κ3) is 4.03. The smallest absolute Gasteiger partial charge is 0.306 e. The van der Waals surface area contributed by atoms with Gasteiger partial charge in [0, 0.05) is 18.4 Å². The highest BCUT2D eigenvalue weighted by molar-refractivity contribution is 5.70. The molecule has 1 unspecified atom stereocenters. The van der Waals surface area contributed by atoms with Gasteiger partial charge in [0.1, 0.15) is 0 Å². The highest BCUT2D eigenvalue weighted by Gasteiger charge is 2.29. The summed E-state index contributed by atoms with van der Waals surface area (Å²) in [6.45, 7) is 6.10. The quantitative estimate of drug-likeness (QED) is 0.872. The fourth-order valence-corrected chi connectivity index (χ4v) is 3.25. The molecule has 1 saturated heterocycles. The predicted molar refractivity (Wildman–Crippen MR) is 83.2 cm³/mol. The Morgan fingerprint density at radius 2 is 2.19 bits per heavy atom. The molecule has 21 heavy (non-hydrogen) atoms. The molecule has 0 radical (unpaired) electrons. The fourth-order valence-electron chi connectivity index (χ4n) is 3.25. The van der Waals surface area contributed by atoms with E-state index in [0.717, 1.165) is 32.4 Å². The number of unbranched alkanes of at least 4 members (excludes halogenated alkanes) is 1. The van der Waals surface area contributed by atoms with E-state index < -0.39 is 5.97 Å². The predicted octanol–water partition coefficient (Wildman–Crippen LogP) is 3.42. The molecule has 116 valence electrons. The van der Waals surface area contributed by atoms with Crippen LogP contribution >= 0.6 is 0 Å². The van der Waals surface area contributed by atoms with Gasteiger partial charge in [0.05, 0.1) is 5.92 Å². The topological polar surface area (TPSA) is 53.4 Å². The van der Waals surface area contributed by atoms with Crippen molar-refractivity contribution in [1.82, 2.24) is 9.88 Å². The van der Waals surface area contributed by atoms with Crippen LogP contribution < -0.4 is 0 Å². The Hall–Kier alpha value is -1.42. The summed E-state index contributed by atoms with van der Waals surface area (Å²) in [7, 11) is 0. The molecule has 0 saturated carbocycles. The number of carbonyl (C=O) groups is 1. The molecule has 0 aromatic carbocycles. The van der Waals surface area contributed by atoms with Crippen molar-refractivity contribution >= 4 is 5.97 Å². The number of likely N-dealkylation sites (tertiary alicyclic amines) is 1. The van der Waals surface area contributed by atoms with Crippen molar-refractivity contribution < 1.29 is 9.90 Å². The Morgan fingerprint density at radius 3 is 2.76 bits per heavy atom. The largest absolute Gasteiger partial charge is 0.481 e. The van der Waals surface area contributed by atoms with Crippen molar-refractivity contribution in [3.8, 4) is 0 Å². The Balaban J connectivity index is 2.10. The molecule has 1 N–H and O–H groups in total. The van der Waals surface area contributed by atoms with Crippen LogP contribution in [0.2, 0.25) is 0 Å². The van der Waals surface area contributed by atoms with E-state index in [1.54, 1.807) is 0 Å². The molecule has 1 aromatic rings. The second-order valence-electron chi connectivity index (χ2n) is 6.04. The van der Waals surface area contributed by atoms with E-state index in [4.69, 9.17) is 5.11 Å². The first-order valence-electron chi connectivity index (χ1n) is 8.00. The van der Waals surface area contributed by atoms with Crippen LogP contribution in [-0.2, 0) is 4.79 Å². The van der Waals surface area contributed by atoms with E-state index in [1.165, 1.54) is 24.0 Å². The van der Waals surface area contributed by atoms with E-state index in [9.17, 15) is 4.79 Å². The summed E-state index contributed by atoms with van der Waals surface area (Å²) in [6.07, 6.45) is 8.85. The molecule has 1 fully saturated rings. The summed E-state index contributed by atoms with van der Waals surface area (Å²) in [4.78, 5) is 17.8. The number of carboxylic acids is 1. The molecule has 0 spiro atoms. The highest BCUT2D eigenvalue weighted by atomic mass is 16.4. The minimum atomic E-state index is -0.639. The Morgan fingerprint density at radius 1 is 1.48 bits per heavy atom. The number of hydrogen-bond acceptors (Lipinski definition) is 3. The van der Waals surface area contributed by atoms with Gasteiger partial charge in [-0.05, 0) is 56.5 Å². The highest BCUT2D eigenvalue weighted by Crippen LogP contribution is 2.32. The van der Waals surface area contributed by atoms with Crippen LogP contribution in [0.4, 0.5) is 0 Å². The number of pyridine rings is 1. The maximum absolute atomic E-state index is 11.1. The third-order valence-electron chi connectivity index (χ3n) is 4.57. The van der Waals surface area contributed by atoms with Crippen molar-refractivity contribution in [2.45, 2.75) is 52.0 Å². The Kier molecular flexibility index (Phi) is 5.74. The lowest BCUT2D eigenvalue weighted by molar-refractivity contribution is -0.143. The van der Waals surface area contributed by atoms with Crippen molar-refractivity contribution in [3.05, 3.63) is 29.6 Å². The van der Waals surface area contributed by atoms with Crippen LogP contribution in [0, 0.1) is 12.8 Å². The van der Waals surface area contributed by atoms with E-state index in [0.29, 0.717) is 6.04 Å². The maximum atomic E-state index is 11.1. The molecule has 0 amide bonds. The standard InChI is InChI=1S/C17H26N2O2/c1-3-4-5-16(15-6-9-18-12-13(15)2)19-10-7-14(8-11-19)17(20)21/h6,9,12,14,16H,3-5,7-8,10-11H2,1-2H3,(H,20,21). The van der Waals surface area contributed by atoms with Crippen molar-refractivity contribution in [2.24, 2.45) is 5.92 Å². The van der Waals surface area contributed by atoms with Crippen LogP contribution in [0.25, 0.3) is 0 Å². The number of aliphatic carboxylic acids is 1. The molecule has 0 aliphatic carbocycles. The van der Waals surface area contributed by atoms with Gasteiger partial charge in [0.15, 0.2) is 0 Å². The second kappa shape index (κ2) is 7.55. The van der Waals surface area contributed by atoms with Gasteiger partial charge < -0.3 is 5.11 Å². The lowest BCUT2D eigenvalue weighted by Gasteiger charge is -2.37.